The van der Waals surface area contributed by atoms with Gasteiger partial charge in [-0.3, -0.25) is 4.79 Å². The first-order chi connectivity index (χ1) is 5.50. The van der Waals surface area contributed by atoms with Crippen LogP contribution in [0.1, 0.15) is 13.8 Å². The lowest BCUT2D eigenvalue weighted by atomic mass is 10.0. The maximum atomic E-state index is 11.4. The highest BCUT2D eigenvalue weighted by atomic mass is 35.5. The number of amides is 1. The van der Waals surface area contributed by atoms with E-state index in [4.69, 9.17) is 10.8 Å². The third-order valence-electron chi connectivity index (χ3n) is 1.82. The summed E-state index contributed by atoms with van der Waals surface area (Å²) in [6.45, 7) is 4.12. The number of carbonyl (C=O) groups is 1. The molecule has 0 aromatic heterocycles. The van der Waals surface area contributed by atoms with Crippen LogP contribution in [0.15, 0.2) is 0 Å². The van der Waals surface area contributed by atoms with Crippen molar-refractivity contribution in [3.63, 3.8) is 0 Å². The van der Waals surface area contributed by atoms with E-state index in [1.54, 1.807) is 7.05 Å². The zero-order valence-electron chi connectivity index (χ0n) is 8.36. The molecule has 0 spiro atoms. The molecule has 0 radical (unpaired) electrons. The zero-order valence-corrected chi connectivity index (χ0v) is 9.17. The van der Waals surface area contributed by atoms with Gasteiger partial charge in [0.2, 0.25) is 5.91 Å². The molecule has 3 N–H and O–H groups in total. The van der Waals surface area contributed by atoms with Crippen molar-refractivity contribution in [1.29, 1.82) is 0 Å². The van der Waals surface area contributed by atoms with Crippen LogP contribution in [0.3, 0.4) is 0 Å². The highest BCUT2D eigenvalue weighted by Crippen LogP contribution is 2.01. The molecule has 1 atom stereocenters. The first-order valence-corrected chi connectivity index (χ1v) is 4.12. The number of hydrogen-bond donors (Lipinski definition) is 2. The molecule has 0 aromatic carbocycles. The molecule has 0 aliphatic heterocycles. The summed E-state index contributed by atoms with van der Waals surface area (Å²) in [5.74, 6) is 0.0256. The normalized spacial score (nSPS) is 12.2. The third kappa shape index (κ3) is 5.08. The van der Waals surface area contributed by atoms with Gasteiger partial charge in [0.15, 0.2) is 0 Å². The first kappa shape index (κ1) is 15.2. The number of likely N-dealkylation sites (N-methyl/N-ethyl adjacent to an activating group) is 1. The summed E-state index contributed by atoms with van der Waals surface area (Å²) in [6, 6.07) is -0.457. The SMILES string of the molecule is CC(C)C(N)C(=O)N(C)CCO.Cl. The van der Waals surface area contributed by atoms with Crippen molar-refractivity contribution in [3.05, 3.63) is 0 Å². The fourth-order valence-electron chi connectivity index (χ4n) is 0.800. The quantitative estimate of drug-likeness (QED) is 0.678. The van der Waals surface area contributed by atoms with Crippen molar-refractivity contribution < 1.29 is 9.90 Å². The number of aliphatic hydroxyl groups excluding tert-OH is 1. The van der Waals surface area contributed by atoms with E-state index in [0.717, 1.165) is 0 Å². The Bertz CT molecular complexity index is 153. The van der Waals surface area contributed by atoms with Gasteiger partial charge in [-0.2, -0.15) is 0 Å². The Morgan fingerprint density at radius 1 is 1.54 bits per heavy atom. The Morgan fingerprint density at radius 2 is 2.00 bits per heavy atom. The van der Waals surface area contributed by atoms with Crippen LogP contribution in [-0.2, 0) is 4.79 Å². The van der Waals surface area contributed by atoms with E-state index in [1.807, 2.05) is 13.8 Å². The molecule has 4 nitrogen and oxygen atoms in total. The van der Waals surface area contributed by atoms with E-state index in [1.165, 1.54) is 4.90 Å². The average molecular weight is 211 g/mol. The van der Waals surface area contributed by atoms with Crippen molar-refractivity contribution in [2.75, 3.05) is 20.2 Å². The van der Waals surface area contributed by atoms with Gasteiger partial charge >= 0.3 is 0 Å². The summed E-state index contributed by atoms with van der Waals surface area (Å²) in [4.78, 5) is 12.8. The van der Waals surface area contributed by atoms with E-state index in [0.29, 0.717) is 6.54 Å². The second-order valence-electron chi connectivity index (χ2n) is 3.25. The van der Waals surface area contributed by atoms with Crippen LogP contribution in [0, 0.1) is 5.92 Å². The largest absolute Gasteiger partial charge is 0.395 e. The van der Waals surface area contributed by atoms with Crippen molar-refractivity contribution in [2.24, 2.45) is 11.7 Å². The highest BCUT2D eigenvalue weighted by molar-refractivity contribution is 5.85. The number of rotatable bonds is 4. The molecular weight excluding hydrogens is 192 g/mol. The third-order valence-corrected chi connectivity index (χ3v) is 1.82. The van der Waals surface area contributed by atoms with E-state index in [9.17, 15) is 4.79 Å². The Balaban J connectivity index is 0. The predicted molar refractivity (Wildman–Crippen MR) is 54.8 cm³/mol. The molecule has 0 aliphatic carbocycles. The summed E-state index contributed by atoms with van der Waals surface area (Å²) in [5.41, 5.74) is 5.62. The van der Waals surface area contributed by atoms with Crippen LogP contribution in [0.4, 0.5) is 0 Å². The van der Waals surface area contributed by atoms with Gasteiger partial charge in [0.25, 0.3) is 0 Å². The molecule has 5 heteroatoms. The molecule has 13 heavy (non-hydrogen) atoms. The molecule has 0 saturated heterocycles. The predicted octanol–water partition coefficient (Wildman–Crippen LogP) is -0.158. The summed E-state index contributed by atoms with van der Waals surface area (Å²) >= 11 is 0. The minimum Gasteiger partial charge on any atom is -0.395 e. The molecule has 0 fully saturated rings. The fourth-order valence-corrected chi connectivity index (χ4v) is 0.800. The summed E-state index contributed by atoms with van der Waals surface area (Å²) in [6.07, 6.45) is 0. The van der Waals surface area contributed by atoms with E-state index in [-0.39, 0.29) is 30.8 Å². The fraction of sp³-hybridized carbons (Fsp3) is 0.875. The number of nitrogens with zero attached hydrogens (tertiary/aromatic N) is 1. The van der Waals surface area contributed by atoms with Gasteiger partial charge in [-0.05, 0) is 5.92 Å². The van der Waals surface area contributed by atoms with E-state index < -0.39 is 6.04 Å². The highest BCUT2D eigenvalue weighted by Gasteiger charge is 2.20. The van der Waals surface area contributed by atoms with Gasteiger partial charge < -0.3 is 15.7 Å². The molecule has 0 aromatic rings. The Kier molecular flexibility index (Phi) is 8.30. The van der Waals surface area contributed by atoms with Crippen molar-refractivity contribution >= 4 is 18.3 Å². The molecule has 80 valence electrons. The maximum Gasteiger partial charge on any atom is 0.239 e. The minimum atomic E-state index is -0.457. The number of halogens is 1. The maximum absolute atomic E-state index is 11.4. The van der Waals surface area contributed by atoms with Crippen molar-refractivity contribution in [3.8, 4) is 0 Å². The summed E-state index contributed by atoms with van der Waals surface area (Å²) in [5, 5.41) is 8.57. The molecule has 0 aliphatic rings. The van der Waals surface area contributed by atoms with E-state index >= 15 is 0 Å². The smallest absolute Gasteiger partial charge is 0.239 e. The Morgan fingerprint density at radius 3 is 2.31 bits per heavy atom. The molecule has 0 rings (SSSR count). The molecule has 1 unspecified atom stereocenters. The standard InChI is InChI=1S/C8H18N2O2.ClH/c1-6(2)7(9)8(12)10(3)4-5-11;/h6-7,11H,4-5,9H2,1-3H3;1H. The first-order valence-electron chi connectivity index (χ1n) is 4.12. The van der Waals surface area contributed by atoms with Crippen LogP contribution < -0.4 is 5.73 Å². The second kappa shape index (κ2) is 7.12. The number of nitrogens with two attached hydrogens (primary N) is 1. The van der Waals surface area contributed by atoms with Gasteiger partial charge in [0.05, 0.1) is 12.6 Å². The minimum absolute atomic E-state index is 0. The van der Waals surface area contributed by atoms with Crippen LogP contribution >= 0.6 is 12.4 Å². The molecule has 0 saturated carbocycles. The van der Waals surface area contributed by atoms with Gasteiger partial charge in [0, 0.05) is 13.6 Å². The molecule has 0 bridgehead atoms. The van der Waals surface area contributed by atoms with Crippen molar-refractivity contribution in [2.45, 2.75) is 19.9 Å². The van der Waals surface area contributed by atoms with Gasteiger partial charge in [-0.15, -0.1) is 12.4 Å². The monoisotopic (exact) mass is 210 g/mol. The van der Waals surface area contributed by atoms with Gasteiger partial charge in [0.1, 0.15) is 0 Å². The lowest BCUT2D eigenvalue weighted by molar-refractivity contribution is -0.132. The lowest BCUT2D eigenvalue weighted by Crippen LogP contribution is -2.45. The summed E-state index contributed by atoms with van der Waals surface area (Å²) in [7, 11) is 1.64. The van der Waals surface area contributed by atoms with Crippen molar-refractivity contribution in [1.82, 2.24) is 4.90 Å². The molecular formula is C8H19ClN2O2. The topological polar surface area (TPSA) is 66.6 Å². The lowest BCUT2D eigenvalue weighted by Gasteiger charge is -2.22. The van der Waals surface area contributed by atoms with Gasteiger partial charge in [-0.1, -0.05) is 13.8 Å². The van der Waals surface area contributed by atoms with Crippen LogP contribution in [0.2, 0.25) is 0 Å². The average Bonchev–Trinajstić information content (AvgIpc) is 2.02. The molecule has 1 amide bonds. The number of carbonyl (C=O) groups excluding carboxylic acids is 1. The van der Waals surface area contributed by atoms with Crippen LogP contribution in [-0.4, -0.2) is 42.2 Å². The number of aliphatic hydroxyl groups is 1. The van der Waals surface area contributed by atoms with Crippen LogP contribution in [0.5, 0.6) is 0 Å². The van der Waals surface area contributed by atoms with E-state index in [2.05, 4.69) is 0 Å². The zero-order chi connectivity index (χ0) is 9.72. The summed E-state index contributed by atoms with van der Waals surface area (Å²) < 4.78 is 0. The molecule has 0 heterocycles. The Hall–Kier alpha value is -0.320. The van der Waals surface area contributed by atoms with Gasteiger partial charge in [-0.25, -0.2) is 0 Å². The number of hydrogen-bond acceptors (Lipinski definition) is 3. The second-order valence-corrected chi connectivity index (χ2v) is 3.25. The Labute approximate surface area is 85.5 Å². The van der Waals surface area contributed by atoms with Crippen LogP contribution in [0.25, 0.3) is 0 Å².